The second-order valence-electron chi connectivity index (χ2n) is 6.99. The van der Waals surface area contributed by atoms with E-state index in [1.54, 1.807) is 0 Å². The molecule has 1 heterocycles. The summed E-state index contributed by atoms with van der Waals surface area (Å²) < 4.78 is 0. The third kappa shape index (κ3) is 5.48. The molecule has 4 rings (SSSR count). The maximum absolute atomic E-state index is 6.00. The Labute approximate surface area is 194 Å². The number of hydrogen-bond donors (Lipinski definition) is 0. The summed E-state index contributed by atoms with van der Waals surface area (Å²) in [6.45, 7) is 1.74. The predicted molar refractivity (Wildman–Crippen MR) is 135 cm³/mol. The van der Waals surface area contributed by atoms with Crippen molar-refractivity contribution in [3.63, 3.8) is 0 Å². The van der Waals surface area contributed by atoms with E-state index in [9.17, 15) is 0 Å². The van der Waals surface area contributed by atoms with Gasteiger partial charge in [0.05, 0.1) is 12.3 Å². The van der Waals surface area contributed by atoms with Gasteiger partial charge in [0, 0.05) is 40.5 Å². The van der Waals surface area contributed by atoms with E-state index in [0.717, 1.165) is 29.6 Å². The average molecular weight is 455 g/mol. The number of para-hydroxylation sites is 1. The minimum Gasteiger partial charge on any atom is -0.372 e. The summed E-state index contributed by atoms with van der Waals surface area (Å²) in [5.74, 6) is 0.913. The number of allylic oxidation sites excluding steroid dienone is 1. The van der Waals surface area contributed by atoms with E-state index in [1.807, 2.05) is 23.9 Å². The van der Waals surface area contributed by atoms with Crippen molar-refractivity contribution in [2.75, 3.05) is 25.0 Å². The number of halogens is 2. The van der Waals surface area contributed by atoms with E-state index in [1.165, 1.54) is 27.3 Å². The van der Waals surface area contributed by atoms with Crippen molar-refractivity contribution in [2.24, 2.45) is 4.99 Å². The molecular weight excluding hydrogens is 431 g/mol. The number of rotatable bonds is 5. The van der Waals surface area contributed by atoms with E-state index >= 15 is 0 Å². The van der Waals surface area contributed by atoms with Crippen molar-refractivity contribution in [2.45, 2.75) is 10.6 Å². The number of hydrogen-bond acceptors (Lipinski definition) is 3. The highest BCUT2D eigenvalue weighted by molar-refractivity contribution is 7.98. The maximum Gasteiger partial charge on any atom is 0.0668 e. The zero-order valence-corrected chi connectivity index (χ0v) is 19.2. The van der Waals surface area contributed by atoms with Crippen LogP contribution in [-0.2, 0) is 5.75 Å². The molecule has 2 nitrogen and oxygen atoms in total. The van der Waals surface area contributed by atoms with Crippen LogP contribution in [0.15, 0.2) is 88.8 Å². The Hall–Kier alpha value is -2.20. The zero-order chi connectivity index (χ0) is 20.1. The van der Waals surface area contributed by atoms with Crippen molar-refractivity contribution in [1.29, 1.82) is 0 Å². The molecule has 1 aliphatic rings. The second kappa shape index (κ2) is 10.7. The molecule has 3 aromatic carbocycles. The molecule has 3 aromatic rings. The molecule has 0 amide bonds. The van der Waals surface area contributed by atoms with Crippen LogP contribution in [0.1, 0.15) is 16.7 Å². The van der Waals surface area contributed by atoms with Gasteiger partial charge in [-0.25, -0.2) is 0 Å². The first-order chi connectivity index (χ1) is 14.2. The molecule has 0 spiro atoms. The third-order valence-corrected chi connectivity index (χ3v) is 6.37. The Balaban J connectivity index is 0.00000256. The van der Waals surface area contributed by atoms with Crippen molar-refractivity contribution < 1.29 is 0 Å². The molecule has 0 bridgehead atoms. The molecule has 0 saturated carbocycles. The smallest absolute Gasteiger partial charge is 0.0668 e. The largest absolute Gasteiger partial charge is 0.372 e. The van der Waals surface area contributed by atoms with Crippen LogP contribution in [0.25, 0.3) is 6.08 Å². The molecule has 0 saturated heterocycles. The zero-order valence-electron chi connectivity index (χ0n) is 16.8. The number of fused-ring (bicyclic) bond motifs is 1. The van der Waals surface area contributed by atoms with Crippen LogP contribution >= 0.6 is 35.8 Å². The maximum atomic E-state index is 6.00. The Kier molecular flexibility index (Phi) is 8.03. The van der Waals surface area contributed by atoms with Gasteiger partial charge < -0.3 is 4.90 Å². The molecule has 0 aromatic heterocycles. The molecule has 5 heteroatoms. The molecule has 0 radical (unpaired) electrons. The lowest BCUT2D eigenvalue weighted by Crippen LogP contribution is -2.20. The van der Waals surface area contributed by atoms with Gasteiger partial charge in [-0.2, -0.15) is 0 Å². The summed E-state index contributed by atoms with van der Waals surface area (Å²) in [6, 6.07) is 25.1. The summed E-state index contributed by atoms with van der Waals surface area (Å²) in [7, 11) is 2.13. The van der Waals surface area contributed by atoms with Gasteiger partial charge in [-0.1, -0.05) is 66.2 Å². The molecule has 154 valence electrons. The van der Waals surface area contributed by atoms with E-state index in [2.05, 4.69) is 84.8 Å². The lowest BCUT2D eigenvalue weighted by atomic mass is 10.1. The Morgan fingerprint density at radius 1 is 0.967 bits per heavy atom. The SMILES string of the molecule is CN1CCN=C(/C=C/c2ccccc2SCc2ccc(Cl)cc2)c2ccccc21.Cl. The lowest BCUT2D eigenvalue weighted by Gasteiger charge is -2.18. The highest BCUT2D eigenvalue weighted by atomic mass is 35.5. The molecule has 0 N–H and O–H groups in total. The van der Waals surface area contributed by atoms with Crippen LogP contribution < -0.4 is 4.90 Å². The Morgan fingerprint density at radius 3 is 2.53 bits per heavy atom. The minimum atomic E-state index is 0. The molecular formula is C25H24Cl2N2S. The Morgan fingerprint density at radius 2 is 1.70 bits per heavy atom. The summed E-state index contributed by atoms with van der Waals surface area (Å²) in [5.41, 5.74) is 5.95. The van der Waals surface area contributed by atoms with Gasteiger partial charge in [-0.3, -0.25) is 4.99 Å². The number of likely N-dealkylation sites (N-methyl/N-ethyl adjacent to an activating group) is 1. The van der Waals surface area contributed by atoms with Gasteiger partial charge in [0.25, 0.3) is 0 Å². The molecule has 1 aliphatic heterocycles. The fraction of sp³-hybridized carbons (Fsp3) is 0.160. The van der Waals surface area contributed by atoms with Crippen LogP contribution in [0.3, 0.4) is 0 Å². The van der Waals surface area contributed by atoms with E-state index in [-0.39, 0.29) is 12.4 Å². The number of aliphatic imine (C=N–C) groups is 1. The second-order valence-corrected chi connectivity index (χ2v) is 8.45. The average Bonchev–Trinajstić information content (AvgIpc) is 2.91. The van der Waals surface area contributed by atoms with Crippen molar-refractivity contribution in [3.8, 4) is 0 Å². The first-order valence-corrected chi connectivity index (χ1v) is 11.1. The Bertz CT molecular complexity index is 1050. The summed E-state index contributed by atoms with van der Waals surface area (Å²) in [5, 5.41) is 0.775. The molecule has 0 atom stereocenters. The van der Waals surface area contributed by atoms with Gasteiger partial charge in [-0.05, 0) is 41.5 Å². The highest BCUT2D eigenvalue weighted by Gasteiger charge is 2.13. The number of thioether (sulfide) groups is 1. The monoisotopic (exact) mass is 454 g/mol. The summed E-state index contributed by atoms with van der Waals surface area (Å²) in [4.78, 5) is 8.37. The number of anilines is 1. The quantitative estimate of drug-likeness (QED) is 0.385. The molecule has 0 aliphatic carbocycles. The van der Waals surface area contributed by atoms with Gasteiger partial charge >= 0.3 is 0 Å². The minimum absolute atomic E-state index is 0. The first-order valence-electron chi connectivity index (χ1n) is 9.70. The van der Waals surface area contributed by atoms with Gasteiger partial charge in [0.15, 0.2) is 0 Å². The fourth-order valence-corrected chi connectivity index (χ4v) is 4.47. The number of benzene rings is 3. The summed E-state index contributed by atoms with van der Waals surface area (Å²) >= 11 is 7.84. The van der Waals surface area contributed by atoms with Crippen molar-refractivity contribution >= 4 is 53.2 Å². The van der Waals surface area contributed by atoms with Crippen molar-refractivity contribution in [1.82, 2.24) is 0 Å². The van der Waals surface area contributed by atoms with E-state index < -0.39 is 0 Å². The molecule has 0 unspecified atom stereocenters. The van der Waals surface area contributed by atoms with Crippen LogP contribution in [0, 0.1) is 0 Å². The first kappa shape index (κ1) is 22.5. The number of nitrogens with zero attached hydrogens (tertiary/aromatic N) is 2. The van der Waals surface area contributed by atoms with Gasteiger partial charge in [-0.15, -0.1) is 24.2 Å². The lowest BCUT2D eigenvalue weighted by molar-refractivity contribution is 0.897. The van der Waals surface area contributed by atoms with Gasteiger partial charge in [0.2, 0.25) is 0 Å². The van der Waals surface area contributed by atoms with Crippen LogP contribution in [0.2, 0.25) is 5.02 Å². The summed E-state index contributed by atoms with van der Waals surface area (Å²) in [6.07, 6.45) is 4.34. The van der Waals surface area contributed by atoms with Gasteiger partial charge in [0.1, 0.15) is 0 Å². The van der Waals surface area contributed by atoms with Crippen LogP contribution in [0.5, 0.6) is 0 Å². The highest BCUT2D eigenvalue weighted by Crippen LogP contribution is 2.28. The molecule has 30 heavy (non-hydrogen) atoms. The van der Waals surface area contributed by atoms with E-state index in [4.69, 9.17) is 16.6 Å². The number of benzodiazepines with no additional fused rings is 1. The van der Waals surface area contributed by atoms with Crippen LogP contribution in [-0.4, -0.2) is 25.8 Å². The topological polar surface area (TPSA) is 15.6 Å². The standard InChI is InChI=1S/C25H23ClN2S.ClH/c1-28-17-16-27-23(22-7-3-4-8-24(22)28)15-12-20-6-2-5-9-25(20)29-18-19-10-13-21(26)14-11-19;/h2-15H,16-18H2,1H3;1H/b15-12+;. The molecule has 0 fully saturated rings. The normalized spacial score (nSPS) is 13.4. The van der Waals surface area contributed by atoms with Crippen molar-refractivity contribution in [3.05, 3.63) is 101 Å². The third-order valence-electron chi connectivity index (χ3n) is 4.96. The fourth-order valence-electron chi connectivity index (χ4n) is 3.35. The predicted octanol–water partition coefficient (Wildman–Crippen LogP) is 7.01. The van der Waals surface area contributed by atoms with E-state index in [0.29, 0.717) is 0 Å². The van der Waals surface area contributed by atoms with Crippen LogP contribution in [0.4, 0.5) is 5.69 Å².